The number of hydrogen-bond donors (Lipinski definition) is 0. The highest BCUT2D eigenvalue weighted by Gasteiger charge is 2.28. The van der Waals surface area contributed by atoms with E-state index in [4.69, 9.17) is 18.9 Å². The molecule has 6 nitrogen and oxygen atoms in total. The molecule has 4 rings (SSSR count). The Morgan fingerprint density at radius 1 is 1.03 bits per heavy atom. The Balaban J connectivity index is 1.48. The number of carbonyl (C=O) groups excluding carboxylic acids is 1. The van der Waals surface area contributed by atoms with Crippen LogP contribution in [0.15, 0.2) is 42.2 Å². The molecule has 1 fully saturated rings. The highest BCUT2D eigenvalue weighted by atomic mass is 16.5. The number of methoxy groups -OCH3 is 2. The normalized spacial score (nSPS) is 17.3. The Bertz CT molecular complexity index is 931. The first-order valence-electron chi connectivity index (χ1n) is 9.83. The molecule has 2 aliphatic heterocycles. The van der Waals surface area contributed by atoms with Crippen LogP contribution in [0, 0.1) is 0 Å². The van der Waals surface area contributed by atoms with Gasteiger partial charge in [0, 0.05) is 18.2 Å². The highest BCUT2D eigenvalue weighted by Crippen LogP contribution is 2.36. The molecule has 0 amide bonds. The van der Waals surface area contributed by atoms with Crippen LogP contribution >= 0.6 is 0 Å². The first-order chi connectivity index (χ1) is 14.2. The van der Waals surface area contributed by atoms with Crippen LogP contribution in [-0.4, -0.2) is 51.1 Å². The first-order valence-corrected chi connectivity index (χ1v) is 9.83. The summed E-state index contributed by atoms with van der Waals surface area (Å²) in [6, 6.07) is 10.8. The molecule has 2 aliphatic rings. The zero-order chi connectivity index (χ0) is 20.2. The predicted molar refractivity (Wildman–Crippen MR) is 110 cm³/mol. The van der Waals surface area contributed by atoms with Gasteiger partial charge in [0.15, 0.2) is 5.76 Å². The van der Waals surface area contributed by atoms with Crippen molar-refractivity contribution in [2.24, 2.45) is 0 Å². The lowest BCUT2D eigenvalue weighted by Gasteiger charge is -2.15. The van der Waals surface area contributed by atoms with Crippen molar-refractivity contribution in [2.75, 3.05) is 40.5 Å². The fourth-order valence-electron chi connectivity index (χ4n) is 3.65. The van der Waals surface area contributed by atoms with E-state index >= 15 is 0 Å². The Labute approximate surface area is 170 Å². The molecule has 0 bridgehead atoms. The molecule has 6 heteroatoms. The first kappa shape index (κ1) is 19.3. The monoisotopic (exact) mass is 395 g/mol. The number of benzene rings is 2. The summed E-state index contributed by atoms with van der Waals surface area (Å²) in [6.45, 7) is 3.83. The summed E-state index contributed by atoms with van der Waals surface area (Å²) in [5, 5.41) is 0. The van der Waals surface area contributed by atoms with E-state index in [-0.39, 0.29) is 11.5 Å². The molecular formula is C23H25NO5. The summed E-state index contributed by atoms with van der Waals surface area (Å²) in [5.74, 6) is 2.62. The van der Waals surface area contributed by atoms with Crippen LogP contribution in [0.25, 0.3) is 6.08 Å². The largest absolute Gasteiger partial charge is 0.497 e. The molecule has 0 unspecified atom stereocenters. The number of carbonyl (C=O) groups is 1. The minimum atomic E-state index is -0.159. The van der Waals surface area contributed by atoms with Crippen molar-refractivity contribution in [3.05, 3.63) is 53.3 Å². The van der Waals surface area contributed by atoms with Gasteiger partial charge >= 0.3 is 0 Å². The van der Waals surface area contributed by atoms with Crippen molar-refractivity contribution in [3.8, 4) is 23.0 Å². The van der Waals surface area contributed by atoms with Gasteiger partial charge in [0.25, 0.3) is 0 Å². The average Bonchev–Trinajstić information content (AvgIpc) is 3.36. The number of ketones is 1. The van der Waals surface area contributed by atoms with Crippen LogP contribution in [0.5, 0.6) is 23.0 Å². The molecule has 0 N–H and O–H groups in total. The molecule has 0 saturated carbocycles. The zero-order valence-electron chi connectivity index (χ0n) is 16.8. The highest BCUT2D eigenvalue weighted by molar-refractivity contribution is 6.14. The van der Waals surface area contributed by atoms with Gasteiger partial charge in [0.05, 0.1) is 19.8 Å². The maximum atomic E-state index is 12.7. The van der Waals surface area contributed by atoms with Crippen LogP contribution in [0.1, 0.15) is 28.8 Å². The van der Waals surface area contributed by atoms with Crippen molar-refractivity contribution in [1.29, 1.82) is 0 Å². The van der Waals surface area contributed by atoms with E-state index in [1.165, 1.54) is 12.8 Å². The van der Waals surface area contributed by atoms with Crippen molar-refractivity contribution in [1.82, 2.24) is 4.90 Å². The van der Waals surface area contributed by atoms with E-state index < -0.39 is 0 Å². The second-order valence-corrected chi connectivity index (χ2v) is 7.10. The molecule has 0 aliphatic carbocycles. The standard InChI is InChI=1S/C23H25NO5/c1-26-17-6-8-20(27-2)16(13-17)14-22-23(25)19-7-5-18(15-21(19)29-22)28-12-11-24-9-3-4-10-24/h5-8,13-15H,3-4,9-12H2,1-2H3/b22-14+. The number of nitrogens with zero attached hydrogens (tertiary/aromatic N) is 1. The predicted octanol–water partition coefficient (Wildman–Crippen LogP) is 3.79. The molecule has 0 radical (unpaired) electrons. The molecule has 0 atom stereocenters. The van der Waals surface area contributed by atoms with E-state index in [9.17, 15) is 4.79 Å². The number of hydrogen-bond acceptors (Lipinski definition) is 6. The Morgan fingerprint density at radius 3 is 2.59 bits per heavy atom. The van der Waals surface area contributed by atoms with Gasteiger partial charge in [-0.3, -0.25) is 9.69 Å². The molecule has 0 spiro atoms. The van der Waals surface area contributed by atoms with E-state index in [0.717, 1.165) is 19.6 Å². The van der Waals surface area contributed by atoms with Crippen LogP contribution in [0.2, 0.25) is 0 Å². The van der Waals surface area contributed by atoms with Gasteiger partial charge in [-0.2, -0.15) is 0 Å². The third-order valence-electron chi connectivity index (χ3n) is 5.24. The number of fused-ring (bicyclic) bond motifs is 1. The number of allylic oxidation sites excluding steroid dienone is 1. The van der Waals surface area contributed by atoms with Gasteiger partial charge in [-0.1, -0.05) is 0 Å². The Morgan fingerprint density at radius 2 is 1.83 bits per heavy atom. The van der Waals surface area contributed by atoms with Gasteiger partial charge in [-0.05, 0) is 62.3 Å². The molecule has 152 valence electrons. The number of likely N-dealkylation sites (tertiary alicyclic amines) is 1. The van der Waals surface area contributed by atoms with Gasteiger partial charge in [-0.15, -0.1) is 0 Å². The molecule has 0 aromatic heterocycles. The summed E-state index contributed by atoms with van der Waals surface area (Å²) < 4.78 is 22.4. The Kier molecular flexibility index (Phi) is 5.71. The number of rotatable bonds is 7. The van der Waals surface area contributed by atoms with Crippen molar-refractivity contribution in [3.63, 3.8) is 0 Å². The quantitative estimate of drug-likeness (QED) is 0.665. The molecule has 29 heavy (non-hydrogen) atoms. The van der Waals surface area contributed by atoms with Gasteiger partial charge in [0.1, 0.15) is 29.6 Å². The molecule has 1 saturated heterocycles. The minimum absolute atomic E-state index is 0.159. The number of ether oxygens (including phenoxy) is 4. The summed E-state index contributed by atoms with van der Waals surface area (Å²) in [5.41, 5.74) is 1.25. The van der Waals surface area contributed by atoms with Crippen molar-refractivity contribution >= 4 is 11.9 Å². The third-order valence-corrected chi connectivity index (χ3v) is 5.24. The lowest BCUT2D eigenvalue weighted by molar-refractivity contribution is 0.101. The smallest absolute Gasteiger partial charge is 0.231 e. The average molecular weight is 395 g/mol. The molecule has 2 aromatic rings. The lowest BCUT2D eigenvalue weighted by atomic mass is 10.1. The molecule has 2 aromatic carbocycles. The van der Waals surface area contributed by atoms with Gasteiger partial charge in [0.2, 0.25) is 5.78 Å². The zero-order valence-corrected chi connectivity index (χ0v) is 16.8. The van der Waals surface area contributed by atoms with Crippen LogP contribution in [0.3, 0.4) is 0 Å². The van der Waals surface area contributed by atoms with Gasteiger partial charge < -0.3 is 18.9 Å². The maximum absolute atomic E-state index is 12.7. The fourth-order valence-corrected chi connectivity index (χ4v) is 3.65. The van der Waals surface area contributed by atoms with Crippen LogP contribution in [-0.2, 0) is 0 Å². The van der Waals surface area contributed by atoms with Crippen molar-refractivity contribution < 1.29 is 23.7 Å². The fraction of sp³-hybridized carbons (Fsp3) is 0.348. The second-order valence-electron chi connectivity index (χ2n) is 7.10. The molecular weight excluding hydrogens is 370 g/mol. The maximum Gasteiger partial charge on any atom is 0.231 e. The molecule has 2 heterocycles. The SMILES string of the molecule is COc1ccc(OC)c(/C=C2/Oc3cc(OCCN4CCCC4)ccc3C2=O)c1. The summed E-state index contributed by atoms with van der Waals surface area (Å²) in [6.07, 6.45) is 4.21. The van der Waals surface area contributed by atoms with E-state index in [1.807, 2.05) is 6.07 Å². The van der Waals surface area contributed by atoms with Crippen LogP contribution in [0.4, 0.5) is 0 Å². The summed E-state index contributed by atoms with van der Waals surface area (Å²) >= 11 is 0. The van der Waals surface area contributed by atoms with E-state index in [0.29, 0.717) is 40.7 Å². The van der Waals surface area contributed by atoms with Crippen molar-refractivity contribution in [2.45, 2.75) is 12.8 Å². The second kappa shape index (κ2) is 8.57. The summed E-state index contributed by atoms with van der Waals surface area (Å²) in [4.78, 5) is 15.1. The topological polar surface area (TPSA) is 57.2 Å². The third kappa shape index (κ3) is 4.22. The summed E-state index contributed by atoms with van der Waals surface area (Å²) in [7, 11) is 3.18. The number of Topliss-reactive ketones (excluding diaryl/α,β-unsaturated/α-hetero) is 1. The van der Waals surface area contributed by atoms with E-state index in [2.05, 4.69) is 4.90 Å². The lowest BCUT2D eigenvalue weighted by Crippen LogP contribution is -2.25. The Hall–Kier alpha value is -2.99. The van der Waals surface area contributed by atoms with E-state index in [1.54, 1.807) is 50.6 Å². The van der Waals surface area contributed by atoms with Crippen LogP contribution < -0.4 is 18.9 Å². The van der Waals surface area contributed by atoms with Gasteiger partial charge in [-0.25, -0.2) is 0 Å². The minimum Gasteiger partial charge on any atom is -0.497 e.